The number of ether oxygens (including phenoxy) is 1. The third kappa shape index (κ3) is 2.25. The second-order valence-corrected chi connectivity index (χ2v) is 4.03. The molecule has 0 heterocycles. The van der Waals surface area contributed by atoms with Gasteiger partial charge in [0.15, 0.2) is 0 Å². The number of alkyl halides is 3. The van der Waals surface area contributed by atoms with Gasteiger partial charge in [0.1, 0.15) is 0 Å². The first-order valence-electron chi connectivity index (χ1n) is 5.41. The van der Waals surface area contributed by atoms with Crippen LogP contribution >= 0.6 is 0 Å². The van der Waals surface area contributed by atoms with Crippen molar-refractivity contribution in [3.8, 4) is 0 Å². The molecule has 96 valence electrons. The molecule has 5 heteroatoms. The van der Waals surface area contributed by atoms with Crippen LogP contribution in [0.4, 0.5) is 13.2 Å². The molecule has 0 saturated heterocycles. The smallest absolute Gasteiger partial charge is 0.416 e. The molecular weight excluding hydrogens is 245 g/mol. The van der Waals surface area contributed by atoms with Crippen LogP contribution < -0.4 is 0 Å². The Labute approximate surface area is 102 Å². The van der Waals surface area contributed by atoms with Crippen LogP contribution in [-0.2, 0) is 22.1 Å². The molecule has 0 amide bonds. The van der Waals surface area contributed by atoms with E-state index in [1.807, 2.05) is 0 Å². The highest BCUT2D eigenvalue weighted by Crippen LogP contribution is 2.36. The zero-order valence-corrected chi connectivity index (χ0v) is 9.67. The van der Waals surface area contributed by atoms with Crippen LogP contribution in [0.15, 0.2) is 23.8 Å². The van der Waals surface area contributed by atoms with E-state index in [2.05, 4.69) is 4.74 Å². The van der Waals surface area contributed by atoms with E-state index in [0.29, 0.717) is 11.1 Å². The van der Waals surface area contributed by atoms with E-state index in [0.717, 1.165) is 6.07 Å². The second-order valence-electron chi connectivity index (χ2n) is 4.03. The van der Waals surface area contributed by atoms with Crippen molar-refractivity contribution in [2.45, 2.75) is 19.0 Å². The molecule has 0 aromatic heterocycles. The van der Waals surface area contributed by atoms with Crippen LogP contribution in [0.25, 0.3) is 6.08 Å². The number of methoxy groups -OCH3 is 1. The number of hydrogen-bond donors (Lipinski definition) is 0. The molecule has 1 aromatic rings. The summed E-state index contributed by atoms with van der Waals surface area (Å²) in [6, 6.07) is 3.99. The summed E-state index contributed by atoms with van der Waals surface area (Å²) in [5, 5.41) is 0. The van der Waals surface area contributed by atoms with Gasteiger partial charge >= 0.3 is 12.1 Å². The first kappa shape index (κ1) is 12.7. The minimum Gasteiger partial charge on any atom is -0.466 e. The Hall–Kier alpha value is -1.78. The minimum absolute atomic E-state index is 0.200. The fraction of sp³-hybridized carbons (Fsp3) is 0.308. The molecule has 0 atom stereocenters. The van der Waals surface area contributed by atoms with Crippen LogP contribution in [-0.4, -0.2) is 13.1 Å². The quantitative estimate of drug-likeness (QED) is 0.721. The molecule has 0 aliphatic heterocycles. The molecule has 0 bridgehead atoms. The highest BCUT2D eigenvalue weighted by molar-refractivity contribution is 5.94. The Balaban J connectivity index is 2.48. The number of benzene rings is 1. The fourth-order valence-corrected chi connectivity index (χ4v) is 2.10. The zero-order chi connectivity index (χ0) is 13.3. The number of carbonyl (C=O) groups is 1. The average Bonchev–Trinajstić information content (AvgIpc) is 2.35. The molecule has 0 spiro atoms. The average molecular weight is 256 g/mol. The molecule has 1 aliphatic rings. The van der Waals surface area contributed by atoms with Crippen LogP contribution in [0.5, 0.6) is 0 Å². The third-order valence-electron chi connectivity index (χ3n) is 2.94. The molecule has 0 saturated carbocycles. The summed E-state index contributed by atoms with van der Waals surface area (Å²) in [6.45, 7) is 0. The van der Waals surface area contributed by atoms with E-state index >= 15 is 0 Å². The Bertz CT molecular complexity index is 515. The van der Waals surface area contributed by atoms with Gasteiger partial charge in [0.05, 0.1) is 12.7 Å². The van der Waals surface area contributed by atoms with Gasteiger partial charge in [-0.15, -0.1) is 0 Å². The lowest BCUT2D eigenvalue weighted by Crippen LogP contribution is -2.15. The number of esters is 1. The van der Waals surface area contributed by atoms with Crippen LogP contribution in [0.2, 0.25) is 0 Å². The summed E-state index contributed by atoms with van der Waals surface area (Å²) in [6.07, 6.45) is -2.42. The van der Waals surface area contributed by atoms with Gasteiger partial charge in [0.2, 0.25) is 0 Å². The molecule has 0 fully saturated rings. The first-order chi connectivity index (χ1) is 8.43. The Kier molecular flexibility index (Phi) is 3.15. The van der Waals surface area contributed by atoms with E-state index in [1.165, 1.54) is 19.3 Å². The van der Waals surface area contributed by atoms with Crippen molar-refractivity contribution < 1.29 is 22.7 Å². The maximum Gasteiger partial charge on any atom is 0.416 e. The standard InChI is InChI=1S/C13H11F3O2/c1-18-12(17)9-5-6-10-8(7-9)3-2-4-11(10)13(14,15)16/h2-4,7H,5-6H2,1H3. The Morgan fingerprint density at radius 1 is 1.28 bits per heavy atom. The molecule has 0 N–H and O–H groups in total. The summed E-state index contributed by atoms with van der Waals surface area (Å²) >= 11 is 0. The second kappa shape index (κ2) is 4.48. The molecule has 0 unspecified atom stereocenters. The predicted octanol–water partition coefficient (Wildman–Crippen LogP) is 3.21. The maximum absolute atomic E-state index is 12.8. The summed E-state index contributed by atoms with van der Waals surface area (Å²) < 4.78 is 42.9. The van der Waals surface area contributed by atoms with Gasteiger partial charge in [-0.05, 0) is 36.1 Å². The molecular formula is C13H11F3O2. The van der Waals surface area contributed by atoms with Gasteiger partial charge < -0.3 is 4.74 Å². The predicted molar refractivity (Wildman–Crippen MR) is 59.8 cm³/mol. The SMILES string of the molecule is COC(=O)C1=Cc2cccc(C(F)(F)F)c2CC1. The molecule has 2 rings (SSSR count). The lowest BCUT2D eigenvalue weighted by molar-refractivity contribution is -0.138. The lowest BCUT2D eigenvalue weighted by atomic mass is 9.88. The van der Waals surface area contributed by atoms with Gasteiger partial charge in [-0.1, -0.05) is 12.1 Å². The minimum atomic E-state index is -4.36. The molecule has 1 aromatic carbocycles. The highest BCUT2D eigenvalue weighted by atomic mass is 19.4. The van der Waals surface area contributed by atoms with Gasteiger partial charge in [0.25, 0.3) is 0 Å². The Morgan fingerprint density at radius 3 is 2.61 bits per heavy atom. The van der Waals surface area contributed by atoms with Crippen LogP contribution in [0.3, 0.4) is 0 Å². The Morgan fingerprint density at radius 2 is 2.00 bits per heavy atom. The van der Waals surface area contributed by atoms with Crippen LogP contribution in [0, 0.1) is 0 Å². The van der Waals surface area contributed by atoms with Crippen molar-refractivity contribution >= 4 is 12.0 Å². The normalized spacial score (nSPS) is 14.8. The number of carbonyl (C=O) groups excluding carboxylic acids is 1. The summed E-state index contributed by atoms with van der Waals surface area (Å²) in [7, 11) is 1.25. The fourth-order valence-electron chi connectivity index (χ4n) is 2.10. The number of rotatable bonds is 1. The monoisotopic (exact) mass is 256 g/mol. The van der Waals surface area contributed by atoms with E-state index in [1.54, 1.807) is 6.07 Å². The number of fused-ring (bicyclic) bond motifs is 1. The van der Waals surface area contributed by atoms with Crippen molar-refractivity contribution in [2.75, 3.05) is 7.11 Å². The summed E-state index contributed by atoms with van der Waals surface area (Å²) in [5.41, 5.74) is 0.471. The first-order valence-corrected chi connectivity index (χ1v) is 5.41. The van der Waals surface area contributed by atoms with Gasteiger partial charge in [-0.2, -0.15) is 13.2 Å². The third-order valence-corrected chi connectivity index (χ3v) is 2.94. The van der Waals surface area contributed by atoms with Gasteiger partial charge in [-0.3, -0.25) is 0 Å². The zero-order valence-electron chi connectivity index (χ0n) is 9.67. The van der Waals surface area contributed by atoms with E-state index in [4.69, 9.17) is 0 Å². The lowest BCUT2D eigenvalue weighted by Gasteiger charge is -2.19. The topological polar surface area (TPSA) is 26.3 Å². The van der Waals surface area contributed by atoms with Crippen LogP contribution in [0.1, 0.15) is 23.1 Å². The van der Waals surface area contributed by atoms with Crippen molar-refractivity contribution in [3.63, 3.8) is 0 Å². The van der Waals surface area contributed by atoms with E-state index in [9.17, 15) is 18.0 Å². The van der Waals surface area contributed by atoms with Crippen molar-refractivity contribution in [3.05, 3.63) is 40.5 Å². The molecule has 1 aliphatic carbocycles. The molecule has 0 radical (unpaired) electrons. The molecule has 18 heavy (non-hydrogen) atoms. The van der Waals surface area contributed by atoms with E-state index in [-0.39, 0.29) is 18.4 Å². The number of hydrogen-bond acceptors (Lipinski definition) is 2. The largest absolute Gasteiger partial charge is 0.466 e. The van der Waals surface area contributed by atoms with Gasteiger partial charge in [0, 0.05) is 5.57 Å². The number of halogens is 3. The maximum atomic E-state index is 12.8. The molecule has 2 nitrogen and oxygen atoms in total. The van der Waals surface area contributed by atoms with Crippen molar-refractivity contribution in [1.29, 1.82) is 0 Å². The van der Waals surface area contributed by atoms with E-state index < -0.39 is 17.7 Å². The summed E-state index contributed by atoms with van der Waals surface area (Å²) in [4.78, 5) is 11.3. The summed E-state index contributed by atoms with van der Waals surface area (Å²) in [5.74, 6) is -0.488. The van der Waals surface area contributed by atoms with Crippen molar-refractivity contribution in [2.24, 2.45) is 0 Å². The van der Waals surface area contributed by atoms with Crippen molar-refractivity contribution in [1.82, 2.24) is 0 Å². The van der Waals surface area contributed by atoms with Gasteiger partial charge in [-0.25, -0.2) is 4.79 Å². The highest BCUT2D eigenvalue weighted by Gasteiger charge is 2.34.